The van der Waals surface area contributed by atoms with Crippen LogP contribution in [0.4, 0.5) is 5.82 Å². The Morgan fingerprint density at radius 2 is 2.00 bits per heavy atom. The number of anilines is 1. The van der Waals surface area contributed by atoms with Crippen molar-refractivity contribution in [1.29, 1.82) is 0 Å². The third kappa shape index (κ3) is 3.04. The van der Waals surface area contributed by atoms with Gasteiger partial charge in [0.25, 0.3) is 0 Å². The van der Waals surface area contributed by atoms with E-state index in [9.17, 15) is 0 Å². The number of piperidine rings is 1. The van der Waals surface area contributed by atoms with Crippen LogP contribution in [0.25, 0.3) is 11.2 Å². The predicted molar refractivity (Wildman–Crippen MR) is 80.7 cm³/mol. The Morgan fingerprint density at radius 3 is 2.80 bits per heavy atom. The molecule has 2 aromatic heterocycles. The molecule has 1 fully saturated rings. The summed E-state index contributed by atoms with van der Waals surface area (Å²) < 4.78 is 0. The van der Waals surface area contributed by atoms with Crippen LogP contribution in [-0.2, 0) is 0 Å². The topological polar surface area (TPSA) is 53.9 Å². The summed E-state index contributed by atoms with van der Waals surface area (Å²) in [5.74, 6) is 1.65. The highest BCUT2D eigenvalue weighted by atomic mass is 15.1. The van der Waals surface area contributed by atoms with E-state index in [1.165, 1.54) is 32.5 Å². The van der Waals surface area contributed by atoms with Crippen LogP contribution in [0, 0.1) is 5.92 Å². The molecule has 2 aromatic rings. The maximum atomic E-state index is 4.50. The van der Waals surface area contributed by atoms with Crippen molar-refractivity contribution in [2.45, 2.75) is 19.8 Å². The van der Waals surface area contributed by atoms with Crippen molar-refractivity contribution in [3.63, 3.8) is 0 Å². The van der Waals surface area contributed by atoms with Crippen LogP contribution in [0.3, 0.4) is 0 Å². The number of nitrogens with zero attached hydrogens (tertiary/aromatic N) is 4. The van der Waals surface area contributed by atoms with E-state index >= 15 is 0 Å². The van der Waals surface area contributed by atoms with Crippen LogP contribution in [0.1, 0.15) is 19.8 Å². The molecule has 0 unspecified atom stereocenters. The Morgan fingerprint density at radius 1 is 1.20 bits per heavy atom. The van der Waals surface area contributed by atoms with E-state index in [0.717, 1.165) is 23.8 Å². The molecular formula is C15H21N5. The van der Waals surface area contributed by atoms with Crippen molar-refractivity contribution < 1.29 is 0 Å². The van der Waals surface area contributed by atoms with E-state index in [4.69, 9.17) is 0 Å². The molecule has 3 heterocycles. The lowest BCUT2D eigenvalue weighted by molar-refractivity contribution is 0.198. The normalized spacial score (nSPS) is 17.4. The average Bonchev–Trinajstić information content (AvgIpc) is 2.53. The van der Waals surface area contributed by atoms with Crippen LogP contribution in [-0.4, -0.2) is 46.0 Å². The summed E-state index contributed by atoms with van der Waals surface area (Å²) in [5, 5.41) is 3.44. The Balaban J connectivity index is 1.57. The number of pyridine rings is 1. The molecule has 0 aromatic carbocycles. The molecule has 0 atom stereocenters. The first kappa shape index (κ1) is 13.2. The highest BCUT2D eigenvalue weighted by Gasteiger charge is 2.17. The first-order chi connectivity index (χ1) is 9.85. The molecule has 1 aliphatic heterocycles. The average molecular weight is 271 g/mol. The van der Waals surface area contributed by atoms with Gasteiger partial charge in [-0.1, -0.05) is 6.92 Å². The SMILES string of the molecule is CCN1CCC(CNc2ccc3nccnc3n2)CC1. The van der Waals surface area contributed by atoms with Gasteiger partial charge in [0.1, 0.15) is 11.3 Å². The molecule has 0 bridgehead atoms. The second kappa shape index (κ2) is 6.13. The molecule has 5 nitrogen and oxygen atoms in total. The molecule has 0 aliphatic carbocycles. The smallest absolute Gasteiger partial charge is 0.180 e. The van der Waals surface area contributed by atoms with Gasteiger partial charge in [0.05, 0.1) is 0 Å². The number of rotatable bonds is 4. The Labute approximate surface area is 119 Å². The molecule has 3 rings (SSSR count). The lowest BCUT2D eigenvalue weighted by Gasteiger charge is -2.31. The number of likely N-dealkylation sites (tertiary alicyclic amines) is 1. The lowest BCUT2D eigenvalue weighted by Crippen LogP contribution is -2.35. The van der Waals surface area contributed by atoms with Crippen molar-refractivity contribution in [1.82, 2.24) is 19.9 Å². The van der Waals surface area contributed by atoms with Gasteiger partial charge >= 0.3 is 0 Å². The molecule has 0 spiro atoms. The number of fused-ring (bicyclic) bond motifs is 1. The summed E-state index contributed by atoms with van der Waals surface area (Å²) in [6.45, 7) is 6.85. The fourth-order valence-electron chi connectivity index (χ4n) is 2.71. The Bertz CT molecular complexity index is 563. The van der Waals surface area contributed by atoms with Gasteiger partial charge in [-0.2, -0.15) is 0 Å². The Kier molecular flexibility index (Phi) is 4.06. The minimum Gasteiger partial charge on any atom is -0.370 e. The number of aromatic nitrogens is 3. The van der Waals surface area contributed by atoms with Gasteiger partial charge in [-0.05, 0) is 50.5 Å². The minimum absolute atomic E-state index is 0.707. The van der Waals surface area contributed by atoms with E-state index in [1.54, 1.807) is 12.4 Å². The summed E-state index contributed by atoms with van der Waals surface area (Å²) in [6.07, 6.45) is 5.92. The monoisotopic (exact) mass is 271 g/mol. The van der Waals surface area contributed by atoms with Crippen LogP contribution < -0.4 is 5.32 Å². The number of hydrogen-bond donors (Lipinski definition) is 1. The summed E-state index contributed by atoms with van der Waals surface area (Å²) in [7, 11) is 0. The van der Waals surface area contributed by atoms with E-state index in [-0.39, 0.29) is 0 Å². The van der Waals surface area contributed by atoms with E-state index in [0.29, 0.717) is 5.65 Å². The van der Waals surface area contributed by atoms with Gasteiger partial charge in [-0.15, -0.1) is 0 Å². The largest absolute Gasteiger partial charge is 0.370 e. The quantitative estimate of drug-likeness (QED) is 0.923. The zero-order chi connectivity index (χ0) is 13.8. The first-order valence-electron chi connectivity index (χ1n) is 7.39. The third-order valence-electron chi connectivity index (χ3n) is 4.06. The first-order valence-corrected chi connectivity index (χ1v) is 7.39. The van der Waals surface area contributed by atoms with Crippen LogP contribution >= 0.6 is 0 Å². The molecule has 0 saturated carbocycles. The maximum absolute atomic E-state index is 4.50. The summed E-state index contributed by atoms with van der Waals surface area (Å²) in [4.78, 5) is 15.5. The number of nitrogens with one attached hydrogen (secondary N) is 1. The fraction of sp³-hybridized carbons (Fsp3) is 0.533. The summed E-state index contributed by atoms with van der Waals surface area (Å²) >= 11 is 0. The van der Waals surface area contributed by atoms with Crippen LogP contribution in [0.5, 0.6) is 0 Å². The van der Waals surface area contributed by atoms with Gasteiger partial charge in [0.2, 0.25) is 0 Å². The maximum Gasteiger partial charge on any atom is 0.180 e. The summed E-state index contributed by atoms with van der Waals surface area (Å²) in [5.41, 5.74) is 1.55. The van der Waals surface area contributed by atoms with Crippen LogP contribution in [0.15, 0.2) is 24.5 Å². The lowest BCUT2D eigenvalue weighted by atomic mass is 9.97. The highest BCUT2D eigenvalue weighted by Crippen LogP contribution is 2.18. The standard InChI is InChI=1S/C15H21N5/c1-2-20-9-5-12(6-10-20)11-18-14-4-3-13-15(19-14)17-8-7-16-13/h3-4,7-8,12H,2,5-6,9-11H2,1H3,(H,17,18,19). The van der Waals surface area contributed by atoms with Crippen molar-refractivity contribution in [2.75, 3.05) is 31.5 Å². The molecule has 106 valence electrons. The zero-order valence-corrected chi connectivity index (χ0v) is 11.9. The van der Waals surface area contributed by atoms with Crippen molar-refractivity contribution in [3.05, 3.63) is 24.5 Å². The van der Waals surface area contributed by atoms with E-state index in [1.807, 2.05) is 12.1 Å². The summed E-state index contributed by atoms with van der Waals surface area (Å²) in [6, 6.07) is 3.95. The van der Waals surface area contributed by atoms with Gasteiger partial charge in [0, 0.05) is 18.9 Å². The Hall–Kier alpha value is -1.75. The van der Waals surface area contributed by atoms with E-state index in [2.05, 4.69) is 32.1 Å². The van der Waals surface area contributed by atoms with Crippen molar-refractivity contribution >= 4 is 17.0 Å². The molecule has 1 N–H and O–H groups in total. The molecule has 5 heteroatoms. The molecular weight excluding hydrogens is 250 g/mol. The molecule has 1 aliphatic rings. The molecule has 0 radical (unpaired) electrons. The second-order valence-electron chi connectivity index (χ2n) is 5.35. The zero-order valence-electron chi connectivity index (χ0n) is 11.9. The van der Waals surface area contributed by atoms with Gasteiger partial charge < -0.3 is 10.2 Å². The van der Waals surface area contributed by atoms with Crippen molar-refractivity contribution in [2.24, 2.45) is 5.92 Å². The van der Waals surface area contributed by atoms with Crippen molar-refractivity contribution in [3.8, 4) is 0 Å². The predicted octanol–water partition coefficient (Wildman–Crippen LogP) is 2.17. The molecule has 1 saturated heterocycles. The number of hydrogen-bond acceptors (Lipinski definition) is 5. The van der Waals surface area contributed by atoms with Gasteiger partial charge in [0.15, 0.2) is 5.65 Å². The molecule has 0 amide bonds. The van der Waals surface area contributed by atoms with E-state index < -0.39 is 0 Å². The minimum atomic E-state index is 0.707. The van der Waals surface area contributed by atoms with Crippen LogP contribution in [0.2, 0.25) is 0 Å². The van der Waals surface area contributed by atoms with Gasteiger partial charge in [-0.25, -0.2) is 9.97 Å². The molecule has 20 heavy (non-hydrogen) atoms. The highest BCUT2D eigenvalue weighted by molar-refractivity contribution is 5.71. The third-order valence-corrected chi connectivity index (χ3v) is 4.06. The van der Waals surface area contributed by atoms with Gasteiger partial charge in [-0.3, -0.25) is 4.98 Å². The fourth-order valence-corrected chi connectivity index (χ4v) is 2.71. The second-order valence-corrected chi connectivity index (χ2v) is 5.35.